The van der Waals surface area contributed by atoms with Crippen LogP contribution in [0.15, 0.2) is 35.5 Å². The molecule has 3 rings (SSSR count). The van der Waals surface area contributed by atoms with Crippen molar-refractivity contribution < 1.29 is 9.63 Å². The third kappa shape index (κ3) is 2.35. The summed E-state index contributed by atoms with van der Waals surface area (Å²) in [5.74, 6) is -0.174. The van der Waals surface area contributed by atoms with Gasteiger partial charge in [0.05, 0.1) is 5.71 Å². The van der Waals surface area contributed by atoms with Crippen LogP contribution in [0.2, 0.25) is 0 Å². The molecule has 0 radical (unpaired) electrons. The second-order valence-electron chi connectivity index (χ2n) is 5.53. The van der Waals surface area contributed by atoms with E-state index in [1.807, 2.05) is 18.2 Å². The first-order valence-corrected chi connectivity index (χ1v) is 6.78. The largest absolute Gasteiger partial charge is 0.389 e. The van der Waals surface area contributed by atoms with Crippen molar-refractivity contribution in [2.24, 2.45) is 16.8 Å². The monoisotopic (exact) mass is 258 g/mol. The van der Waals surface area contributed by atoms with E-state index in [9.17, 15) is 4.79 Å². The van der Waals surface area contributed by atoms with Crippen LogP contribution in [-0.4, -0.2) is 17.2 Å². The summed E-state index contributed by atoms with van der Waals surface area (Å²) in [6.07, 6.45) is 4.18. The maximum atomic E-state index is 11.2. The van der Waals surface area contributed by atoms with Gasteiger partial charge in [-0.2, -0.15) is 0 Å². The van der Waals surface area contributed by atoms with Crippen LogP contribution in [0.25, 0.3) is 0 Å². The summed E-state index contributed by atoms with van der Waals surface area (Å²) in [6, 6.07) is 10.1. The lowest BCUT2D eigenvalue weighted by Gasteiger charge is -2.33. The van der Waals surface area contributed by atoms with Crippen LogP contribution in [0, 0.1) is 5.92 Å². The highest BCUT2D eigenvalue weighted by atomic mass is 16.7. The minimum Gasteiger partial charge on any atom is -0.389 e. The summed E-state index contributed by atoms with van der Waals surface area (Å²) in [5, 5.41) is 4.25. The lowest BCUT2D eigenvalue weighted by atomic mass is 9.76. The zero-order valence-corrected chi connectivity index (χ0v) is 10.8. The Hall–Kier alpha value is -1.84. The Balaban J connectivity index is 1.67. The second-order valence-corrected chi connectivity index (χ2v) is 5.53. The first kappa shape index (κ1) is 12.2. The maximum absolute atomic E-state index is 11.2. The Labute approximate surface area is 112 Å². The minimum atomic E-state index is -0.197. The number of primary amides is 1. The molecule has 2 aliphatic rings. The smallest absolute Gasteiger partial charge is 0.220 e. The molecule has 0 atom stereocenters. The highest BCUT2D eigenvalue weighted by Crippen LogP contribution is 2.41. The molecule has 100 valence electrons. The highest BCUT2D eigenvalue weighted by molar-refractivity contribution is 6.01. The zero-order chi connectivity index (χ0) is 13.3. The van der Waals surface area contributed by atoms with E-state index in [-0.39, 0.29) is 17.4 Å². The summed E-state index contributed by atoms with van der Waals surface area (Å²) in [6.45, 7) is 0. The molecular formula is C15H18N2O2. The third-order valence-electron chi connectivity index (χ3n) is 4.25. The molecule has 0 bridgehead atoms. The van der Waals surface area contributed by atoms with Crippen molar-refractivity contribution in [3.8, 4) is 0 Å². The summed E-state index contributed by atoms with van der Waals surface area (Å²) in [4.78, 5) is 16.9. The standard InChI is InChI=1S/C15H18N2O2/c16-14(18)12-6-8-15(9-7-12)10-13(17-19-15)11-4-2-1-3-5-11/h1-5,12H,6-10H2,(H2,16,18). The first-order chi connectivity index (χ1) is 9.19. The van der Waals surface area contributed by atoms with Gasteiger partial charge in [0, 0.05) is 12.3 Å². The van der Waals surface area contributed by atoms with Crippen molar-refractivity contribution >= 4 is 11.6 Å². The maximum Gasteiger partial charge on any atom is 0.220 e. The van der Waals surface area contributed by atoms with E-state index in [0.29, 0.717) is 0 Å². The van der Waals surface area contributed by atoms with Gasteiger partial charge in [0.25, 0.3) is 0 Å². The number of nitrogens with two attached hydrogens (primary N) is 1. The summed E-state index contributed by atoms with van der Waals surface area (Å²) < 4.78 is 0. The summed E-state index contributed by atoms with van der Waals surface area (Å²) in [5.41, 5.74) is 7.30. The number of carbonyl (C=O) groups is 1. The van der Waals surface area contributed by atoms with Gasteiger partial charge in [0.1, 0.15) is 5.60 Å². The molecule has 1 aromatic rings. The zero-order valence-electron chi connectivity index (χ0n) is 10.8. The quantitative estimate of drug-likeness (QED) is 0.884. The van der Waals surface area contributed by atoms with E-state index in [0.717, 1.165) is 43.4 Å². The van der Waals surface area contributed by atoms with E-state index in [1.54, 1.807) is 0 Å². The molecule has 1 aliphatic heterocycles. The fraction of sp³-hybridized carbons (Fsp3) is 0.467. The number of nitrogens with zero attached hydrogens (tertiary/aromatic N) is 1. The fourth-order valence-corrected chi connectivity index (χ4v) is 3.00. The number of carbonyl (C=O) groups excluding carboxylic acids is 1. The van der Waals surface area contributed by atoms with Crippen molar-refractivity contribution in [1.29, 1.82) is 0 Å². The lowest BCUT2D eigenvalue weighted by Crippen LogP contribution is -2.38. The van der Waals surface area contributed by atoms with Crippen LogP contribution in [0.4, 0.5) is 0 Å². The Morgan fingerprint density at radius 2 is 1.95 bits per heavy atom. The van der Waals surface area contributed by atoms with Gasteiger partial charge < -0.3 is 10.6 Å². The Morgan fingerprint density at radius 1 is 1.26 bits per heavy atom. The molecule has 4 nitrogen and oxygen atoms in total. The molecule has 1 aliphatic carbocycles. The van der Waals surface area contributed by atoms with Crippen LogP contribution in [-0.2, 0) is 9.63 Å². The SMILES string of the molecule is NC(=O)C1CCC2(CC1)CC(c1ccccc1)=NO2. The molecule has 2 N–H and O–H groups in total. The van der Waals surface area contributed by atoms with Gasteiger partial charge in [-0.15, -0.1) is 0 Å². The van der Waals surface area contributed by atoms with Crippen LogP contribution < -0.4 is 5.73 Å². The number of hydrogen-bond donors (Lipinski definition) is 1. The number of benzene rings is 1. The normalized spacial score (nSPS) is 29.9. The molecule has 1 spiro atoms. The van der Waals surface area contributed by atoms with E-state index in [4.69, 9.17) is 10.6 Å². The van der Waals surface area contributed by atoms with Gasteiger partial charge in [-0.1, -0.05) is 35.5 Å². The number of rotatable bonds is 2. The van der Waals surface area contributed by atoms with Gasteiger partial charge in [-0.25, -0.2) is 0 Å². The van der Waals surface area contributed by atoms with Gasteiger partial charge in [0.2, 0.25) is 5.91 Å². The van der Waals surface area contributed by atoms with Crippen molar-refractivity contribution in [2.75, 3.05) is 0 Å². The summed E-state index contributed by atoms with van der Waals surface area (Å²) in [7, 11) is 0. The van der Waals surface area contributed by atoms with E-state index in [1.165, 1.54) is 0 Å². The topological polar surface area (TPSA) is 64.7 Å². The molecule has 19 heavy (non-hydrogen) atoms. The Morgan fingerprint density at radius 3 is 2.58 bits per heavy atom. The molecule has 0 aromatic heterocycles. The fourth-order valence-electron chi connectivity index (χ4n) is 3.00. The van der Waals surface area contributed by atoms with Crippen molar-refractivity contribution in [3.05, 3.63) is 35.9 Å². The van der Waals surface area contributed by atoms with E-state index < -0.39 is 0 Å². The molecule has 1 heterocycles. The average molecular weight is 258 g/mol. The Kier molecular flexibility index (Phi) is 3.01. The molecule has 4 heteroatoms. The van der Waals surface area contributed by atoms with Crippen LogP contribution in [0.5, 0.6) is 0 Å². The number of oxime groups is 1. The van der Waals surface area contributed by atoms with Crippen molar-refractivity contribution in [3.63, 3.8) is 0 Å². The van der Waals surface area contributed by atoms with Gasteiger partial charge in [0.15, 0.2) is 0 Å². The highest BCUT2D eigenvalue weighted by Gasteiger charge is 2.43. The number of amides is 1. The molecule has 0 saturated heterocycles. The first-order valence-electron chi connectivity index (χ1n) is 6.78. The molecule has 1 saturated carbocycles. The van der Waals surface area contributed by atoms with Crippen LogP contribution in [0.3, 0.4) is 0 Å². The predicted octanol–water partition coefficient (Wildman–Crippen LogP) is 2.23. The summed E-state index contributed by atoms with van der Waals surface area (Å²) >= 11 is 0. The molecule has 1 amide bonds. The van der Waals surface area contributed by atoms with Crippen LogP contribution in [0.1, 0.15) is 37.7 Å². The van der Waals surface area contributed by atoms with Crippen molar-refractivity contribution in [1.82, 2.24) is 0 Å². The number of hydrogen-bond acceptors (Lipinski definition) is 3. The Bertz CT molecular complexity index is 502. The van der Waals surface area contributed by atoms with Crippen molar-refractivity contribution in [2.45, 2.75) is 37.7 Å². The third-order valence-corrected chi connectivity index (χ3v) is 4.25. The minimum absolute atomic E-state index is 0.00926. The van der Waals surface area contributed by atoms with E-state index >= 15 is 0 Å². The molecule has 0 unspecified atom stereocenters. The second kappa shape index (κ2) is 4.68. The van der Waals surface area contributed by atoms with Crippen LogP contribution >= 0.6 is 0 Å². The van der Waals surface area contributed by atoms with Gasteiger partial charge in [-0.3, -0.25) is 4.79 Å². The molecule has 1 aromatic carbocycles. The lowest BCUT2D eigenvalue weighted by molar-refractivity contribution is -0.125. The van der Waals surface area contributed by atoms with Gasteiger partial charge in [-0.05, 0) is 31.2 Å². The van der Waals surface area contributed by atoms with Gasteiger partial charge >= 0.3 is 0 Å². The molecular weight excluding hydrogens is 240 g/mol. The van der Waals surface area contributed by atoms with E-state index in [2.05, 4.69) is 17.3 Å². The average Bonchev–Trinajstić information content (AvgIpc) is 2.84. The predicted molar refractivity (Wildman–Crippen MR) is 72.6 cm³/mol. The molecule has 1 fully saturated rings.